The lowest BCUT2D eigenvalue weighted by Crippen LogP contribution is -2.20. The minimum absolute atomic E-state index is 0.0105. The average molecular weight is 297 g/mol. The van der Waals surface area contributed by atoms with E-state index in [1.54, 1.807) is 0 Å². The van der Waals surface area contributed by atoms with Crippen LogP contribution in [0, 0.1) is 11.3 Å². The molecule has 1 unspecified atom stereocenters. The fraction of sp³-hybridized carbons (Fsp3) is 0.714. The third kappa shape index (κ3) is 3.72. The van der Waals surface area contributed by atoms with Crippen molar-refractivity contribution >= 4 is 45.5 Å². The van der Waals surface area contributed by atoms with Crippen LogP contribution in [0.3, 0.4) is 0 Å². The van der Waals surface area contributed by atoms with Crippen LogP contribution in [-0.2, 0) is 9.59 Å². The van der Waals surface area contributed by atoms with Gasteiger partial charge >= 0.3 is 0 Å². The van der Waals surface area contributed by atoms with Gasteiger partial charge in [0, 0.05) is 12.3 Å². The van der Waals surface area contributed by atoms with E-state index in [4.69, 9.17) is 17.6 Å². The van der Waals surface area contributed by atoms with Gasteiger partial charge in [-0.1, -0.05) is 31.5 Å². The van der Waals surface area contributed by atoms with Gasteiger partial charge in [0.2, 0.25) is 0 Å². The smallest absolute Gasteiger partial charge is 0.195 e. The first-order chi connectivity index (χ1) is 9.09. The summed E-state index contributed by atoms with van der Waals surface area (Å²) in [5.74, 6) is 0.480. The van der Waals surface area contributed by atoms with E-state index in [1.165, 1.54) is 31.0 Å². The van der Waals surface area contributed by atoms with Crippen molar-refractivity contribution in [2.75, 3.05) is 0 Å². The Hall–Kier alpha value is -0.550. The lowest BCUT2D eigenvalue weighted by atomic mass is 9.84. The van der Waals surface area contributed by atoms with Gasteiger partial charge in [-0.25, -0.2) is 0 Å². The molecule has 0 aromatic carbocycles. The van der Waals surface area contributed by atoms with Crippen LogP contribution in [-0.4, -0.2) is 26.7 Å². The Morgan fingerprint density at radius 1 is 1.32 bits per heavy atom. The number of Topliss-reactive ketones (excluding diaryl/α,β-unsaturated/α-hetero) is 2. The number of thioether (sulfide) groups is 1. The van der Waals surface area contributed by atoms with Gasteiger partial charge < -0.3 is 0 Å². The van der Waals surface area contributed by atoms with Gasteiger partial charge in [-0.05, 0) is 25.7 Å². The third-order valence-electron chi connectivity index (χ3n) is 3.94. The van der Waals surface area contributed by atoms with Crippen molar-refractivity contribution in [2.45, 2.75) is 56.6 Å². The van der Waals surface area contributed by atoms with E-state index in [0.717, 1.165) is 19.3 Å². The van der Waals surface area contributed by atoms with Gasteiger partial charge in [0.25, 0.3) is 0 Å². The number of hydrogen-bond acceptors (Lipinski definition) is 5. The van der Waals surface area contributed by atoms with Crippen molar-refractivity contribution in [2.24, 2.45) is 5.92 Å². The number of rotatable bonds is 5. The summed E-state index contributed by atoms with van der Waals surface area (Å²) in [5, 5.41) is 7.28. The topological polar surface area (TPSA) is 58.0 Å². The van der Waals surface area contributed by atoms with Crippen molar-refractivity contribution < 1.29 is 9.59 Å². The highest BCUT2D eigenvalue weighted by Crippen LogP contribution is 2.30. The molecule has 1 aliphatic heterocycles. The Morgan fingerprint density at radius 2 is 2.00 bits per heavy atom. The molecule has 1 N–H and O–H groups in total. The summed E-state index contributed by atoms with van der Waals surface area (Å²) in [6.07, 6.45) is 7.71. The maximum atomic E-state index is 12.0. The largest absolute Gasteiger partial charge is 0.299 e. The third-order valence-corrected chi connectivity index (χ3v) is 5.59. The Bertz CT molecular complexity index is 414. The molecule has 19 heavy (non-hydrogen) atoms. The average Bonchev–Trinajstić information content (AvgIpc) is 2.67. The second-order valence-corrected chi connectivity index (χ2v) is 7.21. The molecule has 0 bridgehead atoms. The number of carbonyl (C=O) groups excluding carboxylic acids is 2. The summed E-state index contributed by atoms with van der Waals surface area (Å²) in [6, 6.07) is 0. The molecule has 5 heteroatoms. The second kappa shape index (κ2) is 6.75. The van der Waals surface area contributed by atoms with Gasteiger partial charge in [-0.2, -0.15) is 0 Å². The molecule has 2 rings (SSSR count). The van der Waals surface area contributed by atoms with Crippen LogP contribution >= 0.6 is 24.0 Å². The van der Waals surface area contributed by atoms with E-state index < -0.39 is 0 Å². The van der Waals surface area contributed by atoms with E-state index in [1.807, 2.05) is 0 Å². The van der Waals surface area contributed by atoms with Crippen LogP contribution in [0.2, 0.25) is 0 Å². The van der Waals surface area contributed by atoms with Crippen LogP contribution in [0.1, 0.15) is 51.4 Å². The zero-order valence-corrected chi connectivity index (χ0v) is 12.6. The monoisotopic (exact) mass is 297 g/mol. The molecule has 0 aromatic rings. The Morgan fingerprint density at radius 3 is 2.58 bits per heavy atom. The first kappa shape index (κ1) is 14.9. The molecule has 1 saturated heterocycles. The van der Waals surface area contributed by atoms with E-state index >= 15 is 0 Å². The lowest BCUT2D eigenvalue weighted by Gasteiger charge is -2.20. The minimum Gasteiger partial charge on any atom is -0.299 e. The van der Waals surface area contributed by atoms with Crippen molar-refractivity contribution in [3.8, 4) is 0 Å². The quantitative estimate of drug-likeness (QED) is 0.791. The Balaban J connectivity index is 1.72. The van der Waals surface area contributed by atoms with Gasteiger partial charge in [0.05, 0.1) is 9.45 Å². The number of ketones is 2. The predicted octanol–water partition coefficient (Wildman–Crippen LogP) is 3.34. The number of carbonyl (C=O) groups is 2. The van der Waals surface area contributed by atoms with Crippen molar-refractivity contribution in [1.29, 1.82) is 5.41 Å². The zero-order valence-electron chi connectivity index (χ0n) is 10.9. The highest BCUT2D eigenvalue weighted by Gasteiger charge is 2.34. The van der Waals surface area contributed by atoms with Crippen LogP contribution in [0.15, 0.2) is 0 Å². The summed E-state index contributed by atoms with van der Waals surface area (Å²) in [6.45, 7) is 0. The fourth-order valence-electron chi connectivity index (χ4n) is 2.78. The lowest BCUT2D eigenvalue weighted by molar-refractivity contribution is -0.124. The zero-order chi connectivity index (χ0) is 13.8. The van der Waals surface area contributed by atoms with Gasteiger partial charge in [0.15, 0.2) is 5.78 Å². The SMILES string of the molecule is N=C1C(=O)C(CCCC(=O)C2CCCCC2)SC1=S. The van der Waals surface area contributed by atoms with E-state index in [-0.39, 0.29) is 22.7 Å². The maximum absolute atomic E-state index is 12.0. The van der Waals surface area contributed by atoms with E-state index in [9.17, 15) is 9.59 Å². The number of nitrogens with one attached hydrogen (secondary N) is 1. The molecule has 1 heterocycles. The molecule has 2 fully saturated rings. The molecule has 1 atom stereocenters. The van der Waals surface area contributed by atoms with Gasteiger partial charge in [0.1, 0.15) is 11.5 Å². The summed E-state index contributed by atoms with van der Waals surface area (Å²) in [7, 11) is 0. The van der Waals surface area contributed by atoms with Crippen molar-refractivity contribution in [3.63, 3.8) is 0 Å². The molecule has 3 nitrogen and oxygen atoms in total. The number of thiocarbonyl (C=S) groups is 1. The molecule has 1 aliphatic carbocycles. The highest BCUT2D eigenvalue weighted by atomic mass is 32.2. The maximum Gasteiger partial charge on any atom is 0.195 e. The predicted molar refractivity (Wildman–Crippen MR) is 82.1 cm³/mol. The van der Waals surface area contributed by atoms with Gasteiger partial charge in [-0.3, -0.25) is 15.0 Å². The molecule has 1 saturated carbocycles. The fourth-order valence-corrected chi connectivity index (χ4v) is 4.22. The first-order valence-electron chi connectivity index (χ1n) is 6.96. The second-order valence-electron chi connectivity index (χ2n) is 5.33. The normalized spacial score (nSPS) is 25.1. The summed E-state index contributed by atoms with van der Waals surface area (Å²) in [4.78, 5) is 23.7. The van der Waals surface area contributed by atoms with Crippen LogP contribution in [0.25, 0.3) is 0 Å². The number of hydrogen-bond donors (Lipinski definition) is 1. The van der Waals surface area contributed by atoms with Crippen LogP contribution < -0.4 is 0 Å². The Kier molecular flexibility index (Phi) is 5.28. The van der Waals surface area contributed by atoms with Crippen molar-refractivity contribution in [1.82, 2.24) is 0 Å². The van der Waals surface area contributed by atoms with Crippen LogP contribution in [0.4, 0.5) is 0 Å². The van der Waals surface area contributed by atoms with Gasteiger partial charge in [-0.15, -0.1) is 11.8 Å². The summed E-state index contributed by atoms with van der Waals surface area (Å²) >= 11 is 6.27. The molecule has 0 amide bonds. The minimum atomic E-state index is -0.209. The van der Waals surface area contributed by atoms with Crippen molar-refractivity contribution in [3.05, 3.63) is 0 Å². The Labute approximate surface area is 123 Å². The highest BCUT2D eigenvalue weighted by molar-refractivity contribution is 8.27. The molecule has 0 aromatic heterocycles. The molecule has 0 spiro atoms. The summed E-state index contributed by atoms with van der Waals surface area (Å²) < 4.78 is 0.411. The van der Waals surface area contributed by atoms with Crippen LogP contribution in [0.5, 0.6) is 0 Å². The molecule has 2 aliphatic rings. The molecular formula is C14H19NO2S2. The molecular weight excluding hydrogens is 278 g/mol. The first-order valence-corrected chi connectivity index (χ1v) is 8.25. The molecule has 0 radical (unpaired) electrons. The van der Waals surface area contributed by atoms with E-state index in [2.05, 4.69) is 0 Å². The summed E-state index contributed by atoms with van der Waals surface area (Å²) in [5.41, 5.74) is -0.0105. The van der Waals surface area contributed by atoms with E-state index in [0.29, 0.717) is 22.8 Å². The molecule has 104 valence electrons. The standard InChI is InChI=1S/C14H19NO2S2/c15-12-13(17)11(19-14(12)18)8-4-7-10(16)9-5-2-1-3-6-9/h9,11,15H,1-8H2.